The lowest BCUT2D eigenvalue weighted by molar-refractivity contribution is 0.0253. The molecule has 6 rings (SSSR count). The highest BCUT2D eigenvalue weighted by Crippen LogP contribution is 2.36. The predicted octanol–water partition coefficient (Wildman–Crippen LogP) is 4.50. The number of fused-ring (bicyclic) bond motifs is 3. The van der Waals surface area contributed by atoms with E-state index >= 15 is 0 Å². The van der Waals surface area contributed by atoms with Crippen molar-refractivity contribution >= 4 is 45.0 Å². The first-order valence-electron chi connectivity index (χ1n) is 11.7. The summed E-state index contributed by atoms with van der Waals surface area (Å²) in [4.78, 5) is 29.2. The Hall–Kier alpha value is -3.53. The van der Waals surface area contributed by atoms with Gasteiger partial charge in [0.25, 0.3) is 5.91 Å². The number of aromatic amines is 1. The van der Waals surface area contributed by atoms with Gasteiger partial charge in [0, 0.05) is 36.1 Å². The summed E-state index contributed by atoms with van der Waals surface area (Å²) in [6.45, 7) is 1.97. The molecule has 0 aliphatic carbocycles. The number of pyridine rings is 1. The number of amides is 1. The summed E-state index contributed by atoms with van der Waals surface area (Å²) in [6, 6.07) is 10.1. The number of hydrogen-bond acceptors (Lipinski definition) is 8. The Balaban J connectivity index is 1.22. The third kappa shape index (κ3) is 3.98. The molecule has 0 spiro atoms. The largest absolute Gasteiger partial charge is 0.351 e. The number of hydrogen-bond donors (Lipinski definition) is 3. The number of nitrogens with zero attached hydrogens (tertiary/aromatic N) is 5. The van der Waals surface area contributed by atoms with Crippen LogP contribution in [0.15, 0.2) is 41.9 Å². The average Bonchev–Trinajstić information content (AvgIpc) is 3.47. The fourth-order valence-corrected chi connectivity index (χ4v) is 6.03. The van der Waals surface area contributed by atoms with E-state index in [-0.39, 0.29) is 24.0 Å². The molecule has 2 fully saturated rings. The van der Waals surface area contributed by atoms with Crippen molar-refractivity contribution in [2.45, 2.75) is 57.2 Å². The SMILES string of the molecule is Cc1cc(Nc2nc(NC3CC4CCCC(C3)N4C(=O)c3ccccn3)nc3ccsc23)n[nH]1. The molecule has 0 saturated carbocycles. The van der Waals surface area contributed by atoms with Crippen LogP contribution in [-0.2, 0) is 0 Å². The number of carbonyl (C=O) groups excluding carboxylic acids is 1. The quantitative estimate of drug-likeness (QED) is 0.390. The Morgan fingerprint density at radius 3 is 2.76 bits per heavy atom. The molecule has 2 aliphatic heterocycles. The second-order valence-electron chi connectivity index (χ2n) is 9.07. The maximum Gasteiger partial charge on any atom is 0.272 e. The molecule has 2 aliphatic rings. The van der Waals surface area contributed by atoms with E-state index in [4.69, 9.17) is 9.97 Å². The summed E-state index contributed by atoms with van der Waals surface area (Å²) in [7, 11) is 0. The molecule has 2 unspecified atom stereocenters. The van der Waals surface area contributed by atoms with Gasteiger partial charge in [-0.25, -0.2) is 4.98 Å². The second kappa shape index (κ2) is 8.68. The zero-order chi connectivity index (χ0) is 23.1. The minimum atomic E-state index is 0.0467. The molecule has 6 heterocycles. The lowest BCUT2D eigenvalue weighted by atomic mass is 9.81. The monoisotopic (exact) mass is 474 g/mol. The van der Waals surface area contributed by atoms with E-state index in [0.29, 0.717) is 11.6 Å². The van der Waals surface area contributed by atoms with Crippen LogP contribution in [-0.4, -0.2) is 54.1 Å². The van der Waals surface area contributed by atoms with Gasteiger partial charge in [-0.05, 0) is 62.6 Å². The minimum absolute atomic E-state index is 0.0467. The van der Waals surface area contributed by atoms with Crippen LogP contribution >= 0.6 is 11.3 Å². The van der Waals surface area contributed by atoms with Gasteiger partial charge in [0.1, 0.15) is 5.69 Å². The number of anilines is 3. The molecular weight excluding hydrogens is 448 g/mol. The zero-order valence-corrected chi connectivity index (χ0v) is 19.7. The number of rotatable bonds is 5. The number of aryl methyl sites for hydroxylation is 1. The van der Waals surface area contributed by atoms with Gasteiger partial charge in [-0.15, -0.1) is 11.3 Å². The number of carbonyl (C=O) groups is 1. The Labute approximate surface area is 201 Å². The summed E-state index contributed by atoms with van der Waals surface area (Å²) in [5.74, 6) is 2.13. The standard InChI is InChI=1S/C24H26N8OS/c1-14-11-20(31-30-14)28-22-21-18(8-10-34-21)27-24(29-22)26-15-12-16-5-4-6-17(13-15)32(16)23(33)19-7-2-3-9-25-19/h2-3,7-11,15-17H,4-6,12-13H2,1H3,(H3,26,27,28,29,30,31). The van der Waals surface area contributed by atoms with E-state index < -0.39 is 0 Å². The summed E-state index contributed by atoms with van der Waals surface area (Å²) in [6.07, 6.45) is 6.63. The second-order valence-corrected chi connectivity index (χ2v) is 9.99. The fraction of sp³-hybridized carbons (Fsp3) is 0.375. The molecule has 4 aromatic rings. The van der Waals surface area contributed by atoms with Crippen LogP contribution in [0.1, 0.15) is 48.3 Å². The predicted molar refractivity (Wildman–Crippen MR) is 133 cm³/mol. The van der Waals surface area contributed by atoms with Crippen molar-refractivity contribution in [1.82, 2.24) is 30.0 Å². The Kier molecular flexibility index (Phi) is 5.37. The van der Waals surface area contributed by atoms with Crippen molar-refractivity contribution in [3.05, 3.63) is 53.3 Å². The van der Waals surface area contributed by atoms with Gasteiger partial charge in [-0.2, -0.15) is 10.1 Å². The lowest BCUT2D eigenvalue weighted by Gasteiger charge is -2.48. The maximum absolute atomic E-state index is 13.2. The number of piperidine rings is 2. The topological polar surface area (TPSA) is 112 Å². The van der Waals surface area contributed by atoms with Crippen molar-refractivity contribution in [2.24, 2.45) is 0 Å². The van der Waals surface area contributed by atoms with Crippen molar-refractivity contribution in [3.8, 4) is 0 Å². The molecule has 34 heavy (non-hydrogen) atoms. The fourth-order valence-electron chi connectivity index (χ4n) is 5.25. The van der Waals surface area contributed by atoms with Crippen LogP contribution in [0.5, 0.6) is 0 Å². The first kappa shape index (κ1) is 21.0. The summed E-state index contributed by atoms with van der Waals surface area (Å²) in [5, 5.41) is 16.2. The highest BCUT2D eigenvalue weighted by atomic mass is 32.1. The van der Waals surface area contributed by atoms with Crippen LogP contribution in [0.2, 0.25) is 0 Å². The molecule has 9 nitrogen and oxygen atoms in total. The van der Waals surface area contributed by atoms with Crippen molar-refractivity contribution in [1.29, 1.82) is 0 Å². The maximum atomic E-state index is 13.2. The van der Waals surface area contributed by atoms with Crippen molar-refractivity contribution < 1.29 is 4.79 Å². The third-order valence-electron chi connectivity index (χ3n) is 6.68. The van der Waals surface area contributed by atoms with E-state index in [1.807, 2.05) is 42.6 Å². The van der Waals surface area contributed by atoms with Gasteiger partial charge in [-0.1, -0.05) is 6.07 Å². The van der Waals surface area contributed by atoms with E-state index in [1.54, 1.807) is 17.5 Å². The highest BCUT2D eigenvalue weighted by Gasteiger charge is 2.41. The molecule has 0 aromatic carbocycles. The van der Waals surface area contributed by atoms with Gasteiger partial charge in [0.15, 0.2) is 11.6 Å². The molecule has 3 N–H and O–H groups in total. The van der Waals surface area contributed by atoms with E-state index in [0.717, 1.165) is 59.7 Å². The van der Waals surface area contributed by atoms with E-state index in [2.05, 4.69) is 30.7 Å². The molecule has 10 heteroatoms. The molecule has 2 bridgehead atoms. The van der Waals surface area contributed by atoms with Crippen LogP contribution in [0.3, 0.4) is 0 Å². The highest BCUT2D eigenvalue weighted by molar-refractivity contribution is 7.17. The molecule has 2 saturated heterocycles. The summed E-state index contributed by atoms with van der Waals surface area (Å²) in [5.41, 5.74) is 2.41. The van der Waals surface area contributed by atoms with Gasteiger partial charge >= 0.3 is 0 Å². The van der Waals surface area contributed by atoms with Crippen molar-refractivity contribution in [3.63, 3.8) is 0 Å². The average molecular weight is 475 g/mol. The summed E-state index contributed by atoms with van der Waals surface area (Å²) >= 11 is 1.61. The molecule has 174 valence electrons. The van der Waals surface area contributed by atoms with Crippen molar-refractivity contribution in [2.75, 3.05) is 10.6 Å². The van der Waals surface area contributed by atoms with Crippen LogP contribution in [0.4, 0.5) is 17.6 Å². The van der Waals surface area contributed by atoms with E-state index in [1.165, 1.54) is 0 Å². The minimum Gasteiger partial charge on any atom is -0.351 e. The molecular formula is C24H26N8OS. The third-order valence-corrected chi connectivity index (χ3v) is 7.59. The van der Waals surface area contributed by atoms with Crippen LogP contribution in [0, 0.1) is 6.92 Å². The lowest BCUT2D eigenvalue weighted by Crippen LogP contribution is -2.57. The first-order valence-corrected chi connectivity index (χ1v) is 12.6. The normalized spacial score (nSPS) is 22.0. The molecule has 0 radical (unpaired) electrons. The smallest absolute Gasteiger partial charge is 0.272 e. The van der Waals surface area contributed by atoms with Gasteiger partial charge in [0.2, 0.25) is 5.95 Å². The van der Waals surface area contributed by atoms with Gasteiger partial charge in [-0.3, -0.25) is 14.9 Å². The van der Waals surface area contributed by atoms with Crippen LogP contribution < -0.4 is 10.6 Å². The Bertz CT molecular complexity index is 1310. The number of thiophene rings is 1. The van der Waals surface area contributed by atoms with Crippen LogP contribution in [0.25, 0.3) is 10.2 Å². The number of nitrogens with one attached hydrogen (secondary N) is 3. The first-order chi connectivity index (χ1) is 16.6. The Morgan fingerprint density at radius 2 is 2.03 bits per heavy atom. The number of H-pyrrole nitrogens is 1. The number of aromatic nitrogens is 5. The molecule has 4 aromatic heterocycles. The van der Waals surface area contributed by atoms with E-state index in [9.17, 15) is 4.79 Å². The zero-order valence-electron chi connectivity index (χ0n) is 18.9. The molecule has 2 atom stereocenters. The Morgan fingerprint density at radius 1 is 1.18 bits per heavy atom. The summed E-state index contributed by atoms with van der Waals surface area (Å²) < 4.78 is 0.999. The van der Waals surface area contributed by atoms with Gasteiger partial charge < -0.3 is 15.5 Å². The van der Waals surface area contributed by atoms with Gasteiger partial charge in [0.05, 0.1) is 10.2 Å². The molecule has 1 amide bonds.